The average molecular weight is 143 g/mol. The smallest absolute Gasteiger partial charge is 0.309 e. The summed E-state index contributed by atoms with van der Waals surface area (Å²) in [5, 5.41) is 7.88. The van der Waals surface area contributed by atoms with Gasteiger partial charge in [-0.2, -0.15) is 5.26 Å². The fourth-order valence-electron chi connectivity index (χ4n) is 0.413. The van der Waals surface area contributed by atoms with E-state index in [1.165, 1.54) is 6.26 Å². The Bertz CT molecular complexity index is 138. The van der Waals surface area contributed by atoms with Crippen molar-refractivity contribution in [1.82, 2.24) is 0 Å². The fraction of sp³-hybridized carbons (Fsp3) is 0.667. The van der Waals surface area contributed by atoms with Crippen LogP contribution in [0.1, 0.15) is 13.3 Å². The normalized spacial score (nSPS) is 8.00. The van der Waals surface area contributed by atoms with Gasteiger partial charge < -0.3 is 9.47 Å². The van der Waals surface area contributed by atoms with E-state index in [-0.39, 0.29) is 19.0 Å². The predicted octanol–water partition coefficient (Wildman–Crippen LogP) is 0.437. The molecule has 0 aliphatic carbocycles. The van der Waals surface area contributed by atoms with Crippen LogP contribution in [0.3, 0.4) is 0 Å². The van der Waals surface area contributed by atoms with Crippen LogP contribution in [0.15, 0.2) is 0 Å². The molecular weight excluding hydrogens is 134 g/mol. The maximum Gasteiger partial charge on any atom is 0.309 e. The summed E-state index contributed by atoms with van der Waals surface area (Å²) in [6.45, 7) is 2.20. The highest BCUT2D eigenvalue weighted by atomic mass is 16.5. The van der Waals surface area contributed by atoms with Gasteiger partial charge in [0.05, 0.1) is 13.0 Å². The number of nitriles is 1. The Kier molecular flexibility index (Phi) is 5.16. The fourth-order valence-corrected chi connectivity index (χ4v) is 0.413. The molecule has 56 valence electrons. The first-order valence-corrected chi connectivity index (χ1v) is 2.97. The number of esters is 1. The Morgan fingerprint density at radius 3 is 2.90 bits per heavy atom. The summed E-state index contributed by atoms with van der Waals surface area (Å²) in [4.78, 5) is 10.5. The molecule has 0 aromatic carbocycles. The number of hydrogen-bond acceptors (Lipinski definition) is 4. The molecule has 0 radical (unpaired) electrons. The summed E-state index contributed by atoms with van der Waals surface area (Å²) >= 11 is 0. The number of carbonyl (C=O) groups is 1. The highest BCUT2D eigenvalue weighted by Crippen LogP contribution is 1.86. The lowest BCUT2D eigenvalue weighted by molar-refractivity contribution is -0.143. The topological polar surface area (TPSA) is 59.3 Å². The van der Waals surface area contributed by atoms with Gasteiger partial charge >= 0.3 is 5.97 Å². The van der Waals surface area contributed by atoms with Crippen LogP contribution in [-0.2, 0) is 14.3 Å². The first kappa shape index (κ1) is 8.76. The maximum absolute atomic E-state index is 10.5. The highest BCUT2D eigenvalue weighted by Gasteiger charge is 1.99. The molecule has 0 fully saturated rings. The Morgan fingerprint density at radius 1 is 1.70 bits per heavy atom. The van der Waals surface area contributed by atoms with Crippen LogP contribution in [0.4, 0.5) is 0 Å². The summed E-state index contributed by atoms with van der Waals surface area (Å²) in [6, 6.07) is 0. The lowest BCUT2D eigenvalue weighted by Crippen LogP contribution is -2.06. The van der Waals surface area contributed by atoms with E-state index in [4.69, 9.17) is 5.26 Å². The quantitative estimate of drug-likeness (QED) is 0.325. The van der Waals surface area contributed by atoms with Gasteiger partial charge in [0, 0.05) is 0 Å². The largest absolute Gasteiger partial charge is 0.466 e. The van der Waals surface area contributed by atoms with Crippen molar-refractivity contribution in [2.24, 2.45) is 0 Å². The van der Waals surface area contributed by atoms with Gasteiger partial charge in [-0.05, 0) is 6.92 Å². The van der Waals surface area contributed by atoms with Gasteiger partial charge in [-0.1, -0.05) is 0 Å². The lowest BCUT2D eigenvalue weighted by Gasteiger charge is -1.98. The van der Waals surface area contributed by atoms with E-state index in [1.807, 2.05) is 0 Å². The van der Waals surface area contributed by atoms with E-state index in [2.05, 4.69) is 9.47 Å². The molecule has 0 aliphatic rings. The van der Waals surface area contributed by atoms with Crippen molar-refractivity contribution in [3.05, 3.63) is 0 Å². The molecule has 0 saturated heterocycles. The molecule has 0 bridgehead atoms. The molecule has 0 aromatic rings. The minimum absolute atomic E-state index is 0.106. The van der Waals surface area contributed by atoms with Gasteiger partial charge in [0.15, 0.2) is 0 Å². The standard InChI is InChI=1S/C6H9NO3/c1-2-10-6(8)3-4-9-5-7/h2-4H2,1H3. The van der Waals surface area contributed by atoms with E-state index >= 15 is 0 Å². The molecule has 0 aliphatic heterocycles. The number of ether oxygens (including phenoxy) is 2. The molecule has 0 rings (SSSR count). The molecule has 0 N–H and O–H groups in total. The van der Waals surface area contributed by atoms with Crippen molar-refractivity contribution in [3.63, 3.8) is 0 Å². The lowest BCUT2D eigenvalue weighted by atomic mass is 10.5. The zero-order valence-corrected chi connectivity index (χ0v) is 5.79. The van der Waals surface area contributed by atoms with E-state index in [1.54, 1.807) is 6.92 Å². The summed E-state index contributed by atoms with van der Waals surface area (Å²) < 4.78 is 8.82. The molecule has 0 amide bonds. The van der Waals surface area contributed by atoms with Crippen molar-refractivity contribution in [2.75, 3.05) is 13.2 Å². The van der Waals surface area contributed by atoms with Gasteiger partial charge in [0.2, 0.25) is 0 Å². The van der Waals surface area contributed by atoms with Crippen molar-refractivity contribution in [1.29, 1.82) is 5.26 Å². The van der Waals surface area contributed by atoms with Crippen LogP contribution in [0.5, 0.6) is 0 Å². The van der Waals surface area contributed by atoms with E-state index in [0.717, 1.165) is 0 Å². The van der Waals surface area contributed by atoms with E-state index < -0.39 is 0 Å². The monoisotopic (exact) mass is 143 g/mol. The second kappa shape index (κ2) is 5.89. The molecule has 4 nitrogen and oxygen atoms in total. The second-order valence-corrected chi connectivity index (χ2v) is 1.49. The molecule has 0 heterocycles. The first-order valence-electron chi connectivity index (χ1n) is 2.97. The number of rotatable bonds is 4. The Morgan fingerprint density at radius 2 is 2.40 bits per heavy atom. The molecular formula is C6H9NO3. The second-order valence-electron chi connectivity index (χ2n) is 1.49. The van der Waals surface area contributed by atoms with Crippen molar-refractivity contribution in [3.8, 4) is 6.26 Å². The predicted molar refractivity (Wildman–Crippen MR) is 32.8 cm³/mol. The average Bonchev–Trinajstić information content (AvgIpc) is 1.89. The van der Waals surface area contributed by atoms with Gasteiger partial charge in [-0.15, -0.1) is 0 Å². The van der Waals surface area contributed by atoms with Gasteiger partial charge in [0.25, 0.3) is 6.26 Å². The minimum Gasteiger partial charge on any atom is -0.466 e. The summed E-state index contributed by atoms with van der Waals surface area (Å²) in [5.41, 5.74) is 0. The number of hydrogen-bond donors (Lipinski definition) is 0. The van der Waals surface area contributed by atoms with Crippen molar-refractivity contribution in [2.45, 2.75) is 13.3 Å². The SMILES string of the molecule is CCOC(=O)CCOC#N. The van der Waals surface area contributed by atoms with E-state index in [9.17, 15) is 4.79 Å². The molecule has 0 saturated carbocycles. The summed E-state index contributed by atoms with van der Waals surface area (Å²) in [7, 11) is 0. The van der Waals surface area contributed by atoms with Gasteiger partial charge in [-0.3, -0.25) is 4.79 Å². The summed E-state index contributed by atoms with van der Waals surface area (Å²) in [5.74, 6) is -0.335. The Labute approximate surface area is 59.3 Å². The molecule has 0 unspecified atom stereocenters. The van der Waals surface area contributed by atoms with Crippen LogP contribution < -0.4 is 0 Å². The third-order valence-corrected chi connectivity index (χ3v) is 0.778. The highest BCUT2D eigenvalue weighted by molar-refractivity contribution is 5.69. The molecule has 4 heteroatoms. The minimum atomic E-state index is -0.335. The molecule has 0 spiro atoms. The maximum atomic E-state index is 10.5. The van der Waals surface area contributed by atoms with Crippen LogP contribution in [0.2, 0.25) is 0 Å². The van der Waals surface area contributed by atoms with E-state index in [0.29, 0.717) is 6.61 Å². The summed E-state index contributed by atoms with van der Waals surface area (Å²) in [6.07, 6.45) is 1.60. The number of nitrogens with zero attached hydrogens (tertiary/aromatic N) is 1. The van der Waals surface area contributed by atoms with Gasteiger partial charge in [0.1, 0.15) is 6.61 Å². The van der Waals surface area contributed by atoms with Crippen molar-refractivity contribution >= 4 is 5.97 Å². The van der Waals surface area contributed by atoms with Crippen LogP contribution >= 0.6 is 0 Å². The zero-order chi connectivity index (χ0) is 7.82. The van der Waals surface area contributed by atoms with Crippen molar-refractivity contribution < 1.29 is 14.3 Å². The molecule has 0 aromatic heterocycles. The van der Waals surface area contributed by atoms with Gasteiger partial charge in [-0.25, -0.2) is 0 Å². The molecule has 0 atom stereocenters. The Hall–Kier alpha value is -1.24. The first-order chi connectivity index (χ1) is 4.81. The molecule has 10 heavy (non-hydrogen) atoms. The number of carbonyl (C=O) groups excluding carboxylic acids is 1. The van der Waals surface area contributed by atoms with Crippen LogP contribution in [0.25, 0.3) is 0 Å². The Balaban J connectivity index is 3.15. The van der Waals surface area contributed by atoms with Crippen LogP contribution in [-0.4, -0.2) is 19.2 Å². The zero-order valence-electron chi connectivity index (χ0n) is 5.79. The third-order valence-electron chi connectivity index (χ3n) is 0.778. The van der Waals surface area contributed by atoms with Crippen LogP contribution in [0, 0.1) is 11.5 Å². The third kappa shape index (κ3) is 4.91.